The number of hydrogen-bond acceptors (Lipinski definition) is 3. The quantitative estimate of drug-likeness (QED) is 0.685. The third kappa shape index (κ3) is 2.02. The molecule has 0 unspecified atom stereocenters. The van der Waals surface area contributed by atoms with Crippen LogP contribution in [0.5, 0.6) is 0 Å². The van der Waals surface area contributed by atoms with E-state index in [-0.39, 0.29) is 17.1 Å². The fourth-order valence-electron chi connectivity index (χ4n) is 1.74. The minimum atomic E-state index is -0.819. The summed E-state index contributed by atoms with van der Waals surface area (Å²) < 4.78 is 32.2. The Kier molecular flexibility index (Phi) is 2.64. The molecule has 1 heterocycles. The maximum absolute atomic E-state index is 13.7. The molecule has 0 spiro atoms. The highest BCUT2D eigenvalue weighted by atomic mass is 35.5. The number of nitrogens with two attached hydrogens (primary N) is 1. The molecule has 3 rings (SSSR count). The molecule has 0 fully saturated rings. The van der Waals surface area contributed by atoms with Crippen molar-refractivity contribution in [1.82, 2.24) is 4.98 Å². The lowest BCUT2D eigenvalue weighted by molar-refractivity contribution is 0.574. The van der Waals surface area contributed by atoms with Gasteiger partial charge in [-0.15, -0.1) is 0 Å². The van der Waals surface area contributed by atoms with E-state index in [0.717, 1.165) is 6.07 Å². The molecule has 19 heavy (non-hydrogen) atoms. The molecule has 0 saturated heterocycles. The Labute approximate surface area is 111 Å². The predicted octanol–water partition coefficient (Wildman–Crippen LogP) is 4.01. The predicted molar refractivity (Wildman–Crippen MR) is 68.8 cm³/mol. The van der Waals surface area contributed by atoms with E-state index in [2.05, 4.69) is 4.98 Å². The van der Waals surface area contributed by atoms with Gasteiger partial charge in [0.15, 0.2) is 5.58 Å². The number of oxazole rings is 1. The van der Waals surface area contributed by atoms with Gasteiger partial charge in [-0.2, -0.15) is 0 Å². The van der Waals surface area contributed by atoms with Crippen LogP contribution in [0.2, 0.25) is 5.02 Å². The Morgan fingerprint density at radius 2 is 1.89 bits per heavy atom. The maximum atomic E-state index is 13.7. The number of halogens is 3. The van der Waals surface area contributed by atoms with E-state index < -0.39 is 11.6 Å². The Bertz CT molecular complexity index is 786. The first-order chi connectivity index (χ1) is 9.04. The molecule has 0 aliphatic rings. The normalized spacial score (nSPS) is 11.1. The Morgan fingerprint density at radius 3 is 2.68 bits per heavy atom. The zero-order chi connectivity index (χ0) is 13.6. The van der Waals surface area contributed by atoms with E-state index in [1.54, 1.807) is 18.2 Å². The van der Waals surface area contributed by atoms with Crippen molar-refractivity contribution in [1.29, 1.82) is 0 Å². The molecule has 0 bridgehead atoms. The van der Waals surface area contributed by atoms with Gasteiger partial charge in [0.1, 0.15) is 17.2 Å². The number of nitrogens with zero attached hydrogens (tertiary/aromatic N) is 1. The van der Waals surface area contributed by atoms with Crippen LogP contribution >= 0.6 is 11.6 Å². The van der Waals surface area contributed by atoms with Crippen molar-refractivity contribution in [3.63, 3.8) is 0 Å². The van der Waals surface area contributed by atoms with Crippen LogP contribution in [0.15, 0.2) is 34.7 Å². The van der Waals surface area contributed by atoms with Crippen molar-refractivity contribution in [2.75, 3.05) is 5.73 Å². The topological polar surface area (TPSA) is 52.0 Å². The second-order valence-corrected chi connectivity index (χ2v) is 4.42. The highest BCUT2D eigenvalue weighted by Gasteiger charge is 2.15. The van der Waals surface area contributed by atoms with Crippen LogP contribution in [0.4, 0.5) is 14.5 Å². The van der Waals surface area contributed by atoms with Crippen LogP contribution in [0, 0.1) is 11.6 Å². The average Bonchev–Trinajstić information content (AvgIpc) is 2.76. The fourth-order valence-corrected chi connectivity index (χ4v) is 1.91. The lowest BCUT2D eigenvalue weighted by Gasteiger charge is -2.01. The first-order valence-corrected chi connectivity index (χ1v) is 5.73. The molecule has 1 aromatic heterocycles. The summed E-state index contributed by atoms with van der Waals surface area (Å²) in [6.45, 7) is 0. The van der Waals surface area contributed by atoms with Crippen molar-refractivity contribution < 1.29 is 13.2 Å². The van der Waals surface area contributed by atoms with Crippen LogP contribution < -0.4 is 5.73 Å². The summed E-state index contributed by atoms with van der Waals surface area (Å²) in [7, 11) is 0. The van der Waals surface area contributed by atoms with Gasteiger partial charge in [0.05, 0.1) is 11.3 Å². The molecule has 96 valence electrons. The van der Waals surface area contributed by atoms with E-state index in [4.69, 9.17) is 21.8 Å². The van der Waals surface area contributed by atoms with Crippen LogP contribution in [0.3, 0.4) is 0 Å². The van der Waals surface area contributed by atoms with Gasteiger partial charge in [0.25, 0.3) is 0 Å². The van der Waals surface area contributed by atoms with Crippen LogP contribution in [0.25, 0.3) is 22.6 Å². The van der Waals surface area contributed by atoms with Gasteiger partial charge < -0.3 is 10.2 Å². The Balaban J connectivity index is 2.21. The molecule has 0 radical (unpaired) electrons. The molecule has 0 atom stereocenters. The molecule has 2 N–H and O–H groups in total. The minimum Gasteiger partial charge on any atom is -0.436 e. The van der Waals surface area contributed by atoms with E-state index in [9.17, 15) is 8.78 Å². The van der Waals surface area contributed by atoms with E-state index in [0.29, 0.717) is 22.2 Å². The van der Waals surface area contributed by atoms with Gasteiger partial charge in [0, 0.05) is 17.2 Å². The second-order valence-electron chi connectivity index (χ2n) is 3.98. The highest BCUT2D eigenvalue weighted by Crippen LogP contribution is 2.30. The van der Waals surface area contributed by atoms with Crippen molar-refractivity contribution in [2.24, 2.45) is 0 Å². The number of hydrogen-bond donors (Lipinski definition) is 1. The molecule has 0 aliphatic heterocycles. The summed E-state index contributed by atoms with van der Waals surface area (Å²) in [5, 5.41) is 0.481. The summed E-state index contributed by atoms with van der Waals surface area (Å²) >= 11 is 5.82. The van der Waals surface area contributed by atoms with Gasteiger partial charge in [-0.1, -0.05) is 11.6 Å². The molecule has 3 nitrogen and oxygen atoms in total. The van der Waals surface area contributed by atoms with Crippen molar-refractivity contribution in [3.05, 3.63) is 47.0 Å². The Morgan fingerprint density at radius 1 is 1.11 bits per heavy atom. The summed E-state index contributed by atoms with van der Waals surface area (Å²) in [6, 6.07) is 6.71. The molecule has 0 aliphatic carbocycles. The van der Waals surface area contributed by atoms with E-state index in [1.807, 2.05) is 0 Å². The van der Waals surface area contributed by atoms with Gasteiger partial charge in [-0.3, -0.25) is 0 Å². The summed E-state index contributed by atoms with van der Waals surface area (Å²) in [5.74, 6) is -1.58. The third-order valence-corrected chi connectivity index (χ3v) is 2.90. The monoisotopic (exact) mass is 280 g/mol. The molecule has 0 amide bonds. The SMILES string of the molecule is Nc1cc(-c2nc3ccc(Cl)cc3o2)c(F)cc1F. The number of aromatic nitrogens is 1. The zero-order valence-corrected chi connectivity index (χ0v) is 10.2. The van der Waals surface area contributed by atoms with Crippen LogP contribution in [-0.2, 0) is 0 Å². The molecule has 0 saturated carbocycles. The third-order valence-electron chi connectivity index (χ3n) is 2.67. The average molecular weight is 281 g/mol. The van der Waals surface area contributed by atoms with E-state index >= 15 is 0 Å². The number of fused-ring (bicyclic) bond motifs is 1. The number of anilines is 1. The fraction of sp³-hybridized carbons (Fsp3) is 0. The van der Waals surface area contributed by atoms with Crippen LogP contribution in [0.1, 0.15) is 0 Å². The number of benzene rings is 2. The van der Waals surface area contributed by atoms with Gasteiger partial charge in [-0.25, -0.2) is 13.8 Å². The second kappa shape index (κ2) is 4.20. The smallest absolute Gasteiger partial charge is 0.230 e. The zero-order valence-electron chi connectivity index (χ0n) is 9.45. The lowest BCUT2D eigenvalue weighted by atomic mass is 10.2. The van der Waals surface area contributed by atoms with Gasteiger partial charge in [0.2, 0.25) is 5.89 Å². The first-order valence-electron chi connectivity index (χ1n) is 5.35. The molecule has 6 heteroatoms. The molecule has 3 aromatic rings. The standard InChI is InChI=1S/C13H7ClF2N2O/c14-6-1-2-11-12(3-6)19-13(18-11)7-4-10(17)9(16)5-8(7)15/h1-5H,17H2. The minimum absolute atomic E-state index is 0.00576. The largest absolute Gasteiger partial charge is 0.436 e. The molecular weight excluding hydrogens is 274 g/mol. The van der Waals surface area contributed by atoms with Gasteiger partial charge >= 0.3 is 0 Å². The van der Waals surface area contributed by atoms with Gasteiger partial charge in [-0.05, 0) is 18.2 Å². The maximum Gasteiger partial charge on any atom is 0.230 e. The number of rotatable bonds is 1. The summed E-state index contributed by atoms with van der Waals surface area (Å²) in [4.78, 5) is 4.11. The molecular formula is C13H7ClF2N2O. The van der Waals surface area contributed by atoms with Crippen molar-refractivity contribution in [2.45, 2.75) is 0 Å². The van der Waals surface area contributed by atoms with Crippen LogP contribution in [-0.4, -0.2) is 4.98 Å². The van der Waals surface area contributed by atoms with Crippen molar-refractivity contribution in [3.8, 4) is 11.5 Å². The Hall–Kier alpha value is -2.14. The first kappa shape index (κ1) is 11.9. The van der Waals surface area contributed by atoms with Crippen molar-refractivity contribution >= 4 is 28.4 Å². The summed E-state index contributed by atoms with van der Waals surface area (Å²) in [5.41, 5.74) is 6.20. The van der Waals surface area contributed by atoms with E-state index in [1.165, 1.54) is 0 Å². The number of nitrogen functional groups attached to an aromatic ring is 1. The molecule has 2 aromatic carbocycles. The summed E-state index contributed by atoms with van der Waals surface area (Å²) in [6.07, 6.45) is 0. The highest BCUT2D eigenvalue weighted by molar-refractivity contribution is 6.31. The lowest BCUT2D eigenvalue weighted by Crippen LogP contribution is -1.94.